The number of ether oxygens (including phenoxy) is 5. The molecule has 0 aromatic heterocycles. The molecule has 0 N–H and O–H groups in total. The zero-order valence-electron chi connectivity index (χ0n) is 23.9. The van der Waals surface area contributed by atoms with Gasteiger partial charge < -0.3 is 23.7 Å². The van der Waals surface area contributed by atoms with Crippen molar-refractivity contribution in [3.63, 3.8) is 0 Å². The third-order valence-corrected chi connectivity index (χ3v) is 8.87. The average molecular weight is 591 g/mol. The molecule has 2 fully saturated rings. The van der Waals surface area contributed by atoms with Crippen LogP contribution in [0.4, 0.5) is 26.3 Å². The molecule has 0 aliphatic carbocycles. The lowest BCUT2D eigenvalue weighted by Gasteiger charge is -2.59. The summed E-state index contributed by atoms with van der Waals surface area (Å²) >= 11 is 0. The van der Waals surface area contributed by atoms with E-state index in [1.54, 1.807) is 90.1 Å². The van der Waals surface area contributed by atoms with Crippen molar-refractivity contribution < 1.29 is 50.0 Å². The zero-order valence-corrected chi connectivity index (χ0v) is 23.9. The minimum atomic E-state index is -4.42. The van der Waals surface area contributed by atoms with E-state index in [0.717, 1.165) is 0 Å². The summed E-state index contributed by atoms with van der Waals surface area (Å²) in [6.45, 7) is 10.6. The molecule has 0 bridgehead atoms. The van der Waals surface area contributed by atoms with Crippen LogP contribution in [0.5, 0.6) is 11.5 Å². The minimum absolute atomic E-state index is 0.261. The van der Waals surface area contributed by atoms with Crippen molar-refractivity contribution in [3.8, 4) is 11.5 Å². The monoisotopic (exact) mass is 590 g/mol. The molecule has 0 amide bonds. The van der Waals surface area contributed by atoms with Gasteiger partial charge in [0, 0.05) is 10.8 Å². The fourth-order valence-corrected chi connectivity index (χ4v) is 5.56. The summed E-state index contributed by atoms with van der Waals surface area (Å²) in [5.74, 6) is 1.10. The Morgan fingerprint density at radius 1 is 0.561 bits per heavy atom. The van der Waals surface area contributed by atoms with E-state index in [2.05, 4.69) is 0 Å². The third kappa shape index (κ3) is 5.64. The Bertz CT molecular complexity index is 1100. The first-order valence-corrected chi connectivity index (χ1v) is 13.4. The number of hydrogen-bond acceptors (Lipinski definition) is 5. The van der Waals surface area contributed by atoms with E-state index in [1.807, 2.05) is 0 Å². The summed E-state index contributed by atoms with van der Waals surface area (Å²) in [5.41, 5.74) is -3.09. The van der Waals surface area contributed by atoms with E-state index in [9.17, 15) is 26.3 Å². The highest BCUT2D eigenvalue weighted by molar-refractivity contribution is 5.35. The molecule has 2 aromatic rings. The van der Waals surface area contributed by atoms with E-state index < -0.39 is 46.6 Å². The van der Waals surface area contributed by atoms with Gasteiger partial charge in [-0.2, -0.15) is 26.3 Å². The lowest BCUT2D eigenvalue weighted by molar-refractivity contribution is -0.393. The van der Waals surface area contributed by atoms with Crippen molar-refractivity contribution in [2.45, 2.75) is 77.3 Å². The van der Waals surface area contributed by atoms with Gasteiger partial charge in [0.1, 0.15) is 24.7 Å². The third-order valence-electron chi connectivity index (χ3n) is 8.87. The highest BCUT2D eigenvalue weighted by Crippen LogP contribution is 2.61. The largest absolute Gasteiger partial charge is 0.491 e. The van der Waals surface area contributed by atoms with Crippen molar-refractivity contribution in [3.05, 3.63) is 59.7 Å². The SMILES string of the molecule is CC1(c2ccc(OCCOCCOc3ccc(C4(C)OC(C(F)(F)F)C4(C)C)cc3)cc2)OC(C(F)(F)F)C1(C)C. The molecular formula is C30H36F6O5. The van der Waals surface area contributed by atoms with E-state index in [0.29, 0.717) is 22.6 Å². The molecule has 2 aliphatic rings. The molecule has 2 aliphatic heterocycles. The summed E-state index contributed by atoms with van der Waals surface area (Å²) in [6.07, 6.45) is -12.5. The van der Waals surface area contributed by atoms with Gasteiger partial charge in [-0.25, -0.2) is 0 Å². The lowest BCUT2D eigenvalue weighted by atomic mass is 9.63. The maximum Gasteiger partial charge on any atom is 0.415 e. The Balaban J connectivity index is 1.16. The van der Waals surface area contributed by atoms with E-state index in [4.69, 9.17) is 23.7 Å². The van der Waals surface area contributed by atoms with Crippen molar-refractivity contribution in [1.29, 1.82) is 0 Å². The summed E-state index contributed by atoms with van der Waals surface area (Å²) in [6, 6.07) is 13.6. The van der Waals surface area contributed by atoms with Crippen LogP contribution in [0.25, 0.3) is 0 Å². The highest BCUT2D eigenvalue weighted by Gasteiger charge is 2.69. The van der Waals surface area contributed by atoms with Crippen molar-refractivity contribution >= 4 is 0 Å². The maximum atomic E-state index is 13.2. The van der Waals surface area contributed by atoms with Crippen LogP contribution in [-0.4, -0.2) is 51.0 Å². The Morgan fingerprint density at radius 2 is 0.878 bits per heavy atom. The fraction of sp³-hybridized carbons (Fsp3) is 0.600. The second-order valence-corrected chi connectivity index (χ2v) is 11.9. The van der Waals surface area contributed by atoms with Gasteiger partial charge >= 0.3 is 12.4 Å². The molecule has 4 unspecified atom stereocenters. The Morgan fingerprint density at radius 3 is 1.15 bits per heavy atom. The summed E-state index contributed by atoms with van der Waals surface area (Å²) in [4.78, 5) is 0. The molecule has 2 heterocycles. The second kappa shape index (κ2) is 10.6. The molecule has 2 saturated heterocycles. The molecule has 0 radical (unpaired) electrons. The number of rotatable bonds is 10. The van der Waals surface area contributed by atoms with Crippen LogP contribution in [0.15, 0.2) is 48.5 Å². The molecule has 5 nitrogen and oxygen atoms in total. The van der Waals surface area contributed by atoms with Crippen LogP contribution >= 0.6 is 0 Å². The molecule has 228 valence electrons. The molecule has 4 atom stereocenters. The maximum absolute atomic E-state index is 13.2. The quantitative estimate of drug-likeness (QED) is 0.211. The van der Waals surface area contributed by atoms with Crippen molar-refractivity contribution in [1.82, 2.24) is 0 Å². The van der Waals surface area contributed by atoms with Crippen LogP contribution in [0.2, 0.25) is 0 Å². The molecule has 2 aromatic carbocycles. The average Bonchev–Trinajstić information content (AvgIpc) is 2.88. The molecular weight excluding hydrogens is 554 g/mol. The van der Waals surface area contributed by atoms with Crippen molar-refractivity contribution in [2.24, 2.45) is 10.8 Å². The summed E-state index contributed by atoms with van der Waals surface area (Å²) in [5, 5.41) is 0. The number of alkyl halides is 6. The van der Waals surface area contributed by atoms with Crippen LogP contribution < -0.4 is 9.47 Å². The number of benzene rings is 2. The second-order valence-electron chi connectivity index (χ2n) is 11.9. The Kier molecular flexibility index (Phi) is 8.16. The topological polar surface area (TPSA) is 46.2 Å². The molecule has 41 heavy (non-hydrogen) atoms. The molecule has 11 heteroatoms. The highest BCUT2D eigenvalue weighted by atomic mass is 19.4. The van der Waals surface area contributed by atoms with E-state index >= 15 is 0 Å². The number of halogens is 6. The van der Waals surface area contributed by atoms with Gasteiger partial charge in [-0.3, -0.25) is 0 Å². The van der Waals surface area contributed by atoms with Gasteiger partial charge in [-0.05, 0) is 49.2 Å². The summed E-state index contributed by atoms with van der Waals surface area (Å²) in [7, 11) is 0. The van der Waals surface area contributed by atoms with Crippen LogP contribution in [0.1, 0.15) is 52.7 Å². The predicted molar refractivity (Wildman–Crippen MR) is 139 cm³/mol. The fourth-order valence-electron chi connectivity index (χ4n) is 5.56. The molecule has 0 saturated carbocycles. The first kappa shape index (κ1) is 31.4. The lowest BCUT2D eigenvalue weighted by Crippen LogP contribution is -2.67. The smallest absolute Gasteiger partial charge is 0.415 e. The number of hydrogen-bond donors (Lipinski definition) is 0. The summed E-state index contributed by atoms with van der Waals surface area (Å²) < 4.78 is 107. The van der Waals surface area contributed by atoms with Gasteiger partial charge in [0.05, 0.1) is 24.4 Å². The standard InChI is InChI=1S/C30H36F6O5/c1-25(2)23(29(31,32)33)40-27(25,5)19-7-11-21(12-8-19)38-17-15-37-16-18-39-22-13-9-20(10-14-22)28(6)26(3,4)24(41-28)30(34,35)36/h7-14,23-24H,15-18H2,1-6H3. The first-order valence-electron chi connectivity index (χ1n) is 13.4. The van der Waals surface area contributed by atoms with Gasteiger partial charge in [0.15, 0.2) is 12.2 Å². The van der Waals surface area contributed by atoms with Crippen LogP contribution in [0.3, 0.4) is 0 Å². The van der Waals surface area contributed by atoms with Gasteiger partial charge in [0.25, 0.3) is 0 Å². The van der Waals surface area contributed by atoms with E-state index in [-0.39, 0.29) is 26.4 Å². The molecule has 4 rings (SSSR count). The molecule has 0 spiro atoms. The minimum Gasteiger partial charge on any atom is -0.491 e. The van der Waals surface area contributed by atoms with Gasteiger partial charge in [0.2, 0.25) is 0 Å². The Hall–Kier alpha value is -2.50. The van der Waals surface area contributed by atoms with Crippen LogP contribution in [-0.2, 0) is 25.4 Å². The first-order chi connectivity index (χ1) is 18.8. The van der Waals surface area contributed by atoms with Crippen LogP contribution in [0, 0.1) is 10.8 Å². The van der Waals surface area contributed by atoms with Crippen molar-refractivity contribution in [2.75, 3.05) is 26.4 Å². The zero-order chi connectivity index (χ0) is 30.5. The normalized spacial score (nSPS) is 28.9. The Labute approximate surface area is 236 Å². The predicted octanol–water partition coefficient (Wildman–Crippen LogP) is 7.57. The van der Waals surface area contributed by atoms with E-state index in [1.165, 1.54) is 0 Å². The van der Waals surface area contributed by atoms with Gasteiger partial charge in [-0.15, -0.1) is 0 Å². The van der Waals surface area contributed by atoms with Gasteiger partial charge in [-0.1, -0.05) is 52.0 Å².